The van der Waals surface area contributed by atoms with E-state index in [1.165, 1.54) is 17.3 Å². The molecule has 1 heterocycles. The van der Waals surface area contributed by atoms with Gasteiger partial charge in [-0.05, 0) is 37.7 Å². The van der Waals surface area contributed by atoms with Crippen LogP contribution in [0.15, 0.2) is 30.9 Å². The molecule has 6 heteroatoms. The van der Waals surface area contributed by atoms with Crippen LogP contribution in [0.5, 0.6) is 0 Å². The number of carbonyl (C=O) groups is 2. The third-order valence-electron chi connectivity index (χ3n) is 4.31. The maximum atomic E-state index is 11.9. The molecule has 0 bridgehead atoms. The minimum atomic E-state index is -0.636. The third kappa shape index (κ3) is 4.14. The Hall–Kier alpha value is -2.34. The molecular weight excluding hydrogens is 304 g/mol. The van der Waals surface area contributed by atoms with Gasteiger partial charge in [0.25, 0.3) is 0 Å². The van der Waals surface area contributed by atoms with Crippen LogP contribution in [0.4, 0.5) is 5.69 Å². The maximum Gasteiger partial charge on any atom is 0.309 e. The fraction of sp³-hybridized carbons (Fsp3) is 0.444. The molecule has 2 amide bonds. The van der Waals surface area contributed by atoms with E-state index in [9.17, 15) is 9.59 Å². The van der Waals surface area contributed by atoms with Gasteiger partial charge in [0.05, 0.1) is 6.04 Å². The molecule has 130 valence electrons. The van der Waals surface area contributed by atoms with Crippen molar-refractivity contribution in [3.05, 3.63) is 42.0 Å². The Morgan fingerprint density at radius 1 is 1.33 bits per heavy atom. The largest absolute Gasteiger partial charge is 0.374 e. The van der Waals surface area contributed by atoms with Crippen LogP contribution in [0.25, 0.3) is 0 Å². The first kappa shape index (κ1) is 18.0. The van der Waals surface area contributed by atoms with Crippen molar-refractivity contribution in [2.75, 3.05) is 45.7 Å². The van der Waals surface area contributed by atoms with Gasteiger partial charge in [0.2, 0.25) is 0 Å². The van der Waals surface area contributed by atoms with E-state index >= 15 is 0 Å². The Morgan fingerprint density at radius 3 is 2.71 bits per heavy atom. The molecule has 1 aliphatic rings. The lowest BCUT2D eigenvalue weighted by atomic mass is 10.0. The summed E-state index contributed by atoms with van der Waals surface area (Å²) in [6, 6.07) is 6.44. The molecule has 2 rings (SSSR count). The molecule has 0 fully saturated rings. The Kier molecular flexibility index (Phi) is 5.98. The summed E-state index contributed by atoms with van der Waals surface area (Å²) in [6.07, 6.45) is 2.57. The molecule has 24 heavy (non-hydrogen) atoms. The molecule has 0 saturated carbocycles. The Balaban J connectivity index is 2.04. The second kappa shape index (κ2) is 7.97. The summed E-state index contributed by atoms with van der Waals surface area (Å²) in [5.74, 6) is -1.26. The third-order valence-corrected chi connectivity index (χ3v) is 4.31. The molecule has 0 aromatic heterocycles. The molecule has 1 aromatic rings. The minimum Gasteiger partial charge on any atom is -0.374 e. The summed E-state index contributed by atoms with van der Waals surface area (Å²) in [5, 5.41) is 5.19. The topological polar surface area (TPSA) is 64.7 Å². The molecule has 0 saturated heterocycles. The van der Waals surface area contributed by atoms with E-state index in [0.29, 0.717) is 6.54 Å². The van der Waals surface area contributed by atoms with Crippen LogP contribution in [-0.2, 0) is 16.0 Å². The molecule has 1 aliphatic heterocycles. The molecule has 1 aromatic carbocycles. The predicted molar refractivity (Wildman–Crippen MR) is 96.1 cm³/mol. The zero-order valence-electron chi connectivity index (χ0n) is 14.6. The lowest BCUT2D eigenvalue weighted by Crippen LogP contribution is -2.43. The molecule has 0 unspecified atom stereocenters. The molecule has 2 N–H and O–H groups in total. The molecule has 0 aliphatic carbocycles. The number of anilines is 1. The fourth-order valence-electron chi connectivity index (χ4n) is 2.91. The maximum absolute atomic E-state index is 11.9. The van der Waals surface area contributed by atoms with Crippen LogP contribution in [0, 0.1) is 0 Å². The molecule has 0 radical (unpaired) electrons. The first-order valence-corrected chi connectivity index (χ1v) is 8.11. The van der Waals surface area contributed by atoms with Crippen LogP contribution in [0.1, 0.15) is 17.2 Å². The van der Waals surface area contributed by atoms with Gasteiger partial charge < -0.3 is 20.4 Å². The normalized spacial score (nSPS) is 14.2. The SMILES string of the molecule is C=CCNC(=O)C(=O)NC[C@H](c1ccc2c(c1)CCN2C)N(C)C. The van der Waals surface area contributed by atoms with Gasteiger partial charge in [0, 0.05) is 32.4 Å². The summed E-state index contributed by atoms with van der Waals surface area (Å²) in [6.45, 7) is 5.20. The average Bonchev–Trinajstić information content (AvgIpc) is 2.93. The summed E-state index contributed by atoms with van der Waals surface area (Å²) in [4.78, 5) is 27.8. The number of hydrogen-bond acceptors (Lipinski definition) is 4. The van der Waals surface area contributed by atoms with Crippen molar-refractivity contribution in [3.8, 4) is 0 Å². The van der Waals surface area contributed by atoms with Crippen molar-refractivity contribution in [2.24, 2.45) is 0 Å². The van der Waals surface area contributed by atoms with E-state index in [1.807, 2.05) is 19.0 Å². The summed E-state index contributed by atoms with van der Waals surface area (Å²) in [7, 11) is 6.03. The average molecular weight is 330 g/mol. The van der Waals surface area contributed by atoms with Gasteiger partial charge in [0.1, 0.15) is 0 Å². The van der Waals surface area contributed by atoms with Crippen molar-refractivity contribution < 1.29 is 9.59 Å². The summed E-state index contributed by atoms with van der Waals surface area (Å²) >= 11 is 0. The Bertz CT molecular complexity index is 627. The quantitative estimate of drug-likeness (QED) is 0.595. The van der Waals surface area contributed by atoms with Crippen LogP contribution in [-0.4, -0.2) is 57.5 Å². The van der Waals surface area contributed by atoms with Crippen LogP contribution >= 0.6 is 0 Å². The number of likely N-dealkylation sites (N-methyl/N-ethyl adjacent to an activating group) is 2. The van der Waals surface area contributed by atoms with Crippen LogP contribution < -0.4 is 15.5 Å². The zero-order valence-corrected chi connectivity index (χ0v) is 14.6. The van der Waals surface area contributed by atoms with E-state index in [2.05, 4.69) is 47.4 Å². The number of amides is 2. The lowest BCUT2D eigenvalue weighted by Gasteiger charge is -2.25. The number of hydrogen-bond donors (Lipinski definition) is 2. The van der Waals surface area contributed by atoms with Gasteiger partial charge >= 0.3 is 11.8 Å². The Morgan fingerprint density at radius 2 is 2.04 bits per heavy atom. The predicted octanol–water partition coefficient (Wildman–Crippen LogP) is 0.700. The highest BCUT2D eigenvalue weighted by Crippen LogP contribution is 2.30. The van der Waals surface area contributed by atoms with Gasteiger partial charge in [-0.1, -0.05) is 18.2 Å². The van der Waals surface area contributed by atoms with Crippen molar-refractivity contribution >= 4 is 17.5 Å². The lowest BCUT2D eigenvalue weighted by molar-refractivity contribution is -0.139. The number of carbonyl (C=O) groups excluding carboxylic acids is 2. The first-order valence-electron chi connectivity index (χ1n) is 8.11. The molecule has 6 nitrogen and oxygen atoms in total. The smallest absolute Gasteiger partial charge is 0.309 e. The molecular formula is C18H26N4O2. The standard InChI is InChI=1S/C18H26N4O2/c1-5-9-19-17(23)18(24)20-12-16(21(2)3)13-6-7-15-14(11-13)8-10-22(15)4/h5-7,11,16H,1,8-10,12H2,2-4H3,(H,19,23)(H,20,24)/t16-/m1/s1. The van der Waals surface area contributed by atoms with E-state index < -0.39 is 11.8 Å². The van der Waals surface area contributed by atoms with Gasteiger partial charge in [0.15, 0.2) is 0 Å². The second-order valence-corrected chi connectivity index (χ2v) is 6.25. The van der Waals surface area contributed by atoms with Crippen molar-refractivity contribution in [3.63, 3.8) is 0 Å². The second-order valence-electron chi connectivity index (χ2n) is 6.25. The van der Waals surface area contributed by atoms with E-state index in [-0.39, 0.29) is 12.6 Å². The molecule has 0 spiro atoms. The van der Waals surface area contributed by atoms with Crippen LogP contribution in [0.2, 0.25) is 0 Å². The van der Waals surface area contributed by atoms with Crippen molar-refractivity contribution in [2.45, 2.75) is 12.5 Å². The number of rotatable bonds is 6. The number of fused-ring (bicyclic) bond motifs is 1. The monoisotopic (exact) mass is 330 g/mol. The molecule has 1 atom stereocenters. The highest BCUT2D eigenvalue weighted by Gasteiger charge is 2.21. The summed E-state index contributed by atoms with van der Waals surface area (Å²) in [5.41, 5.74) is 3.74. The highest BCUT2D eigenvalue weighted by molar-refractivity contribution is 6.35. The Labute approximate surface area is 143 Å². The van der Waals surface area contributed by atoms with E-state index in [1.54, 1.807) is 0 Å². The van der Waals surface area contributed by atoms with Crippen molar-refractivity contribution in [1.29, 1.82) is 0 Å². The van der Waals surface area contributed by atoms with Crippen LogP contribution in [0.3, 0.4) is 0 Å². The van der Waals surface area contributed by atoms with E-state index in [0.717, 1.165) is 18.5 Å². The zero-order chi connectivity index (χ0) is 17.7. The highest BCUT2D eigenvalue weighted by atomic mass is 16.2. The van der Waals surface area contributed by atoms with Crippen molar-refractivity contribution in [1.82, 2.24) is 15.5 Å². The van der Waals surface area contributed by atoms with Gasteiger partial charge in [-0.25, -0.2) is 0 Å². The minimum absolute atomic E-state index is 0.0114. The van der Waals surface area contributed by atoms with Gasteiger partial charge in [-0.2, -0.15) is 0 Å². The van der Waals surface area contributed by atoms with Gasteiger partial charge in [-0.15, -0.1) is 6.58 Å². The van der Waals surface area contributed by atoms with Gasteiger partial charge in [-0.3, -0.25) is 9.59 Å². The number of nitrogens with zero attached hydrogens (tertiary/aromatic N) is 2. The fourth-order valence-corrected chi connectivity index (χ4v) is 2.91. The van der Waals surface area contributed by atoms with E-state index in [4.69, 9.17) is 0 Å². The number of nitrogens with one attached hydrogen (secondary N) is 2. The number of benzene rings is 1. The first-order chi connectivity index (χ1) is 11.4. The summed E-state index contributed by atoms with van der Waals surface area (Å²) < 4.78 is 0.